The molecular weight excluding hydrogens is 286 g/mol. The molecule has 2 unspecified atom stereocenters. The third-order valence-corrected chi connectivity index (χ3v) is 4.59. The zero-order chi connectivity index (χ0) is 16.0. The number of carbonyl (C=O) groups is 2. The summed E-state index contributed by atoms with van der Waals surface area (Å²) in [5.41, 5.74) is 1.48. The van der Waals surface area contributed by atoms with Gasteiger partial charge in [0.2, 0.25) is 5.95 Å². The Morgan fingerprint density at radius 2 is 2.14 bits per heavy atom. The lowest BCUT2D eigenvalue weighted by atomic mass is 10.0. The standard InChI is InChI=1S/C14H19N5O3/c1-8-11(9(2)19-14(17(8)3)15-7-16-19)12(20)18-5-4-10(6-18)13(21)22/h7,9-10H,4-6H2,1-3H3,(H,21,22). The average molecular weight is 305 g/mol. The van der Waals surface area contributed by atoms with Crippen LogP contribution in [-0.2, 0) is 9.59 Å². The van der Waals surface area contributed by atoms with Crippen molar-refractivity contribution in [2.75, 3.05) is 25.0 Å². The molecule has 0 spiro atoms. The molecule has 1 aromatic heterocycles. The molecule has 8 heteroatoms. The lowest BCUT2D eigenvalue weighted by Gasteiger charge is -2.33. The van der Waals surface area contributed by atoms with Gasteiger partial charge in [-0.25, -0.2) is 4.68 Å². The molecule has 0 radical (unpaired) electrons. The van der Waals surface area contributed by atoms with E-state index in [1.807, 2.05) is 25.8 Å². The maximum Gasteiger partial charge on any atom is 0.308 e. The topological polar surface area (TPSA) is 91.6 Å². The molecule has 2 aliphatic rings. The number of carbonyl (C=O) groups excluding carboxylic acids is 1. The van der Waals surface area contributed by atoms with Gasteiger partial charge in [0.25, 0.3) is 5.91 Å². The number of hydrogen-bond donors (Lipinski definition) is 1. The predicted octanol–water partition coefficient (Wildman–Crippen LogP) is 0.496. The molecule has 0 aromatic carbocycles. The van der Waals surface area contributed by atoms with Crippen LogP contribution in [0.3, 0.4) is 0 Å². The first-order valence-corrected chi connectivity index (χ1v) is 7.28. The van der Waals surface area contributed by atoms with Crippen molar-refractivity contribution in [3.63, 3.8) is 0 Å². The zero-order valence-corrected chi connectivity index (χ0v) is 12.9. The summed E-state index contributed by atoms with van der Waals surface area (Å²) in [4.78, 5) is 31.6. The van der Waals surface area contributed by atoms with Crippen LogP contribution in [0.15, 0.2) is 17.6 Å². The van der Waals surface area contributed by atoms with Crippen LogP contribution in [0, 0.1) is 5.92 Å². The number of hydrogen-bond acceptors (Lipinski definition) is 5. The van der Waals surface area contributed by atoms with Crippen LogP contribution in [0.2, 0.25) is 0 Å². The fraction of sp³-hybridized carbons (Fsp3) is 0.571. The van der Waals surface area contributed by atoms with Gasteiger partial charge in [0.15, 0.2) is 0 Å². The number of nitrogens with zero attached hydrogens (tertiary/aromatic N) is 5. The second-order valence-electron chi connectivity index (χ2n) is 5.81. The Hall–Kier alpha value is -2.38. The molecule has 22 heavy (non-hydrogen) atoms. The molecule has 1 N–H and O–H groups in total. The molecule has 0 saturated carbocycles. The van der Waals surface area contributed by atoms with Crippen molar-refractivity contribution < 1.29 is 14.7 Å². The van der Waals surface area contributed by atoms with Crippen LogP contribution >= 0.6 is 0 Å². The molecule has 2 aliphatic heterocycles. The van der Waals surface area contributed by atoms with E-state index in [0.717, 1.165) is 5.70 Å². The van der Waals surface area contributed by atoms with E-state index >= 15 is 0 Å². The molecule has 0 bridgehead atoms. The lowest BCUT2D eigenvalue weighted by Crippen LogP contribution is -2.39. The second kappa shape index (κ2) is 5.11. The van der Waals surface area contributed by atoms with E-state index in [2.05, 4.69) is 10.1 Å². The van der Waals surface area contributed by atoms with Gasteiger partial charge in [-0.2, -0.15) is 10.1 Å². The van der Waals surface area contributed by atoms with Crippen LogP contribution in [0.1, 0.15) is 26.3 Å². The van der Waals surface area contributed by atoms with E-state index in [1.165, 1.54) is 6.33 Å². The minimum Gasteiger partial charge on any atom is -0.481 e. The molecular formula is C14H19N5O3. The third-order valence-electron chi connectivity index (χ3n) is 4.59. The van der Waals surface area contributed by atoms with Gasteiger partial charge in [-0.15, -0.1) is 0 Å². The van der Waals surface area contributed by atoms with Crippen LogP contribution < -0.4 is 4.90 Å². The van der Waals surface area contributed by atoms with Crippen molar-refractivity contribution >= 4 is 17.8 Å². The SMILES string of the molecule is CC1=C(C(=O)N2CCC(C(=O)O)C2)C(C)n2ncnc2N1C. The minimum absolute atomic E-state index is 0.109. The maximum absolute atomic E-state index is 12.9. The second-order valence-corrected chi connectivity index (χ2v) is 5.81. The summed E-state index contributed by atoms with van der Waals surface area (Å²) in [7, 11) is 1.85. The molecule has 8 nitrogen and oxygen atoms in total. The molecule has 1 fully saturated rings. The molecule has 1 amide bonds. The first-order chi connectivity index (χ1) is 10.4. The van der Waals surface area contributed by atoms with Crippen molar-refractivity contribution in [3.8, 4) is 0 Å². The van der Waals surface area contributed by atoms with E-state index < -0.39 is 11.9 Å². The molecule has 0 aliphatic carbocycles. The van der Waals surface area contributed by atoms with Crippen molar-refractivity contribution in [1.82, 2.24) is 19.7 Å². The quantitative estimate of drug-likeness (QED) is 0.855. The summed E-state index contributed by atoms with van der Waals surface area (Å²) in [6.07, 6.45) is 1.98. The molecule has 1 aromatic rings. The fourth-order valence-electron chi connectivity index (χ4n) is 3.16. The number of aromatic nitrogens is 3. The fourth-order valence-corrected chi connectivity index (χ4v) is 3.16. The Morgan fingerprint density at radius 1 is 1.41 bits per heavy atom. The van der Waals surface area contributed by atoms with Gasteiger partial charge in [0, 0.05) is 25.8 Å². The van der Waals surface area contributed by atoms with E-state index in [-0.39, 0.29) is 18.5 Å². The van der Waals surface area contributed by atoms with E-state index in [4.69, 9.17) is 5.11 Å². The Balaban J connectivity index is 1.89. The van der Waals surface area contributed by atoms with Crippen LogP contribution in [0.25, 0.3) is 0 Å². The van der Waals surface area contributed by atoms with Gasteiger partial charge in [-0.3, -0.25) is 9.59 Å². The normalized spacial score (nSPS) is 24.7. The molecule has 3 heterocycles. The number of aliphatic carboxylic acids is 1. The van der Waals surface area contributed by atoms with Crippen molar-refractivity contribution in [3.05, 3.63) is 17.6 Å². The van der Waals surface area contributed by atoms with Crippen LogP contribution in [0.5, 0.6) is 0 Å². The number of rotatable bonds is 2. The Kier molecular flexibility index (Phi) is 3.38. The maximum atomic E-state index is 12.9. The van der Waals surface area contributed by atoms with Crippen LogP contribution in [0.4, 0.5) is 5.95 Å². The highest BCUT2D eigenvalue weighted by Crippen LogP contribution is 2.34. The third kappa shape index (κ3) is 2.06. The molecule has 2 atom stereocenters. The number of carboxylic acids is 1. The van der Waals surface area contributed by atoms with Gasteiger partial charge >= 0.3 is 5.97 Å². The summed E-state index contributed by atoms with van der Waals surface area (Å²) < 4.78 is 1.71. The summed E-state index contributed by atoms with van der Waals surface area (Å²) in [6, 6.07) is -0.218. The molecule has 3 rings (SSSR count). The highest BCUT2D eigenvalue weighted by atomic mass is 16.4. The van der Waals surface area contributed by atoms with E-state index in [1.54, 1.807) is 9.58 Å². The Labute approximate surface area is 128 Å². The number of anilines is 1. The smallest absolute Gasteiger partial charge is 0.308 e. The molecule has 118 valence electrons. The van der Waals surface area contributed by atoms with Gasteiger partial charge in [-0.1, -0.05) is 0 Å². The average Bonchev–Trinajstić information content (AvgIpc) is 3.14. The number of carboxylic acid groups (broad SMARTS) is 1. The summed E-state index contributed by atoms with van der Waals surface area (Å²) in [6.45, 7) is 4.54. The number of likely N-dealkylation sites (tertiary alicyclic amines) is 1. The number of fused-ring (bicyclic) bond motifs is 1. The first kappa shape index (κ1) is 14.6. The predicted molar refractivity (Wildman–Crippen MR) is 78.2 cm³/mol. The van der Waals surface area contributed by atoms with Gasteiger partial charge in [-0.05, 0) is 20.3 Å². The van der Waals surface area contributed by atoms with Gasteiger partial charge in [0.05, 0.1) is 17.5 Å². The molecule has 1 saturated heterocycles. The largest absolute Gasteiger partial charge is 0.481 e. The van der Waals surface area contributed by atoms with E-state index in [0.29, 0.717) is 24.5 Å². The summed E-state index contributed by atoms with van der Waals surface area (Å²) in [5.74, 6) is -0.718. The Bertz CT molecular complexity index is 665. The van der Waals surface area contributed by atoms with Crippen molar-refractivity contribution in [2.24, 2.45) is 5.92 Å². The number of amides is 1. The zero-order valence-electron chi connectivity index (χ0n) is 12.9. The van der Waals surface area contributed by atoms with Gasteiger partial charge < -0.3 is 14.9 Å². The van der Waals surface area contributed by atoms with Gasteiger partial charge in [0.1, 0.15) is 6.33 Å². The highest BCUT2D eigenvalue weighted by molar-refractivity contribution is 5.96. The highest BCUT2D eigenvalue weighted by Gasteiger charge is 2.37. The summed E-state index contributed by atoms with van der Waals surface area (Å²) >= 11 is 0. The van der Waals surface area contributed by atoms with Crippen molar-refractivity contribution in [2.45, 2.75) is 26.3 Å². The monoisotopic (exact) mass is 305 g/mol. The lowest BCUT2D eigenvalue weighted by molar-refractivity contribution is -0.141. The summed E-state index contributed by atoms with van der Waals surface area (Å²) in [5, 5.41) is 13.3. The minimum atomic E-state index is -0.839. The Morgan fingerprint density at radius 3 is 2.77 bits per heavy atom. The van der Waals surface area contributed by atoms with E-state index in [9.17, 15) is 9.59 Å². The van der Waals surface area contributed by atoms with Crippen molar-refractivity contribution in [1.29, 1.82) is 0 Å². The van der Waals surface area contributed by atoms with Crippen LogP contribution in [-0.4, -0.2) is 56.8 Å². The first-order valence-electron chi connectivity index (χ1n) is 7.28. The number of allylic oxidation sites excluding steroid dienone is 1.